The molecule has 10 aromatic carbocycles. The van der Waals surface area contributed by atoms with Crippen LogP contribution in [0.15, 0.2) is 206 Å². The van der Waals surface area contributed by atoms with Crippen molar-refractivity contribution in [3.63, 3.8) is 0 Å². The first-order chi connectivity index (χ1) is 26.7. The van der Waals surface area contributed by atoms with Gasteiger partial charge in [-0.25, -0.2) is 4.39 Å². The summed E-state index contributed by atoms with van der Waals surface area (Å²) < 4.78 is 14.0. The molecule has 0 bridgehead atoms. The number of hydrogen-bond acceptors (Lipinski definition) is 1. The first-order valence-electron chi connectivity index (χ1n) is 18.4. The summed E-state index contributed by atoms with van der Waals surface area (Å²) >= 11 is 0. The third-order valence-electron chi connectivity index (χ3n) is 10.7. The summed E-state index contributed by atoms with van der Waals surface area (Å²) in [6.45, 7) is 0. The van der Waals surface area contributed by atoms with Crippen LogP contribution in [0.5, 0.6) is 0 Å². The van der Waals surface area contributed by atoms with E-state index in [1.54, 1.807) is 0 Å². The van der Waals surface area contributed by atoms with Crippen LogP contribution < -0.4 is 4.90 Å². The highest BCUT2D eigenvalue weighted by Gasteiger charge is 2.18. The van der Waals surface area contributed by atoms with Crippen molar-refractivity contribution in [2.24, 2.45) is 0 Å². The molecule has 1 nitrogen and oxygen atoms in total. The van der Waals surface area contributed by atoms with Crippen LogP contribution in [-0.4, -0.2) is 0 Å². The van der Waals surface area contributed by atoms with Gasteiger partial charge in [0.25, 0.3) is 0 Å². The van der Waals surface area contributed by atoms with Crippen molar-refractivity contribution in [2.75, 3.05) is 4.90 Å². The van der Waals surface area contributed by atoms with Gasteiger partial charge in [0.1, 0.15) is 5.82 Å². The second-order valence-electron chi connectivity index (χ2n) is 13.8. The third kappa shape index (κ3) is 5.48. The van der Waals surface area contributed by atoms with Gasteiger partial charge in [-0.2, -0.15) is 0 Å². The van der Waals surface area contributed by atoms with Gasteiger partial charge in [0.05, 0.1) is 0 Å². The van der Waals surface area contributed by atoms with E-state index in [0.717, 1.165) is 33.6 Å². The highest BCUT2D eigenvalue weighted by Crippen LogP contribution is 2.45. The van der Waals surface area contributed by atoms with E-state index in [0.29, 0.717) is 0 Å². The van der Waals surface area contributed by atoms with Crippen molar-refractivity contribution in [1.29, 1.82) is 0 Å². The van der Waals surface area contributed by atoms with Crippen molar-refractivity contribution < 1.29 is 4.39 Å². The Balaban J connectivity index is 1.05. The summed E-state index contributed by atoms with van der Waals surface area (Å²) in [6.07, 6.45) is 0. The van der Waals surface area contributed by atoms with Gasteiger partial charge in [0.2, 0.25) is 0 Å². The van der Waals surface area contributed by atoms with Crippen LogP contribution in [0.25, 0.3) is 76.5 Å². The number of anilines is 3. The Morgan fingerprint density at radius 1 is 0.296 bits per heavy atom. The van der Waals surface area contributed by atoms with Gasteiger partial charge in [-0.1, -0.05) is 158 Å². The minimum atomic E-state index is -0.252. The zero-order valence-electron chi connectivity index (χ0n) is 29.5. The maximum Gasteiger partial charge on any atom is 0.123 e. The molecule has 0 radical (unpaired) electrons. The maximum atomic E-state index is 14.0. The Labute approximate surface area is 313 Å². The lowest BCUT2D eigenvalue weighted by molar-refractivity contribution is 0.628. The molecule has 0 aliphatic heterocycles. The zero-order chi connectivity index (χ0) is 36.0. The highest BCUT2D eigenvalue weighted by molar-refractivity contribution is 6.23. The topological polar surface area (TPSA) is 3.24 Å². The summed E-state index contributed by atoms with van der Waals surface area (Å²) in [7, 11) is 0. The second-order valence-corrected chi connectivity index (χ2v) is 13.8. The van der Waals surface area contributed by atoms with Crippen LogP contribution in [0.4, 0.5) is 21.5 Å². The van der Waals surface area contributed by atoms with Crippen LogP contribution in [0.1, 0.15) is 0 Å². The molecule has 10 rings (SSSR count). The highest BCUT2D eigenvalue weighted by atomic mass is 19.1. The number of nitrogens with zero attached hydrogens (tertiary/aromatic N) is 1. The van der Waals surface area contributed by atoms with E-state index in [4.69, 9.17) is 0 Å². The molecule has 0 heterocycles. The monoisotopic (exact) mass is 691 g/mol. The summed E-state index contributed by atoms with van der Waals surface area (Å²) in [5.74, 6) is -0.252. The van der Waals surface area contributed by atoms with Gasteiger partial charge in [-0.05, 0) is 125 Å². The Hall–Kier alpha value is -7.03. The zero-order valence-corrected chi connectivity index (χ0v) is 29.5. The van der Waals surface area contributed by atoms with Gasteiger partial charge in [-0.3, -0.25) is 0 Å². The standard InChI is InChI=1S/C52H34FN/c53-41-27-32-43(33-28-41)54(44-31-26-35-10-1-2-12-40(35)34-44)42-29-24-37(25-30-42)36-20-22-39(23-21-36)51-47-15-5-7-17-49(47)52(50-18-8-6-16-48(50)51)46-19-9-13-38-11-3-4-14-45(38)46/h1-34H. The molecule has 54 heavy (non-hydrogen) atoms. The van der Waals surface area contributed by atoms with Crippen LogP contribution in [0.3, 0.4) is 0 Å². The molecule has 0 aromatic heterocycles. The minimum Gasteiger partial charge on any atom is -0.310 e. The molecular weight excluding hydrogens is 658 g/mol. The molecule has 0 spiro atoms. The molecular formula is C52H34FN. The lowest BCUT2D eigenvalue weighted by Gasteiger charge is -2.26. The molecule has 2 heteroatoms. The number of fused-ring (bicyclic) bond motifs is 4. The maximum absolute atomic E-state index is 14.0. The van der Waals surface area contributed by atoms with Gasteiger partial charge in [0, 0.05) is 17.1 Å². The molecule has 0 saturated carbocycles. The van der Waals surface area contributed by atoms with Crippen molar-refractivity contribution >= 4 is 60.2 Å². The van der Waals surface area contributed by atoms with E-state index in [2.05, 4.69) is 187 Å². The minimum absolute atomic E-state index is 0.252. The van der Waals surface area contributed by atoms with Crippen molar-refractivity contribution in [3.8, 4) is 33.4 Å². The fourth-order valence-electron chi connectivity index (χ4n) is 8.16. The first-order valence-corrected chi connectivity index (χ1v) is 18.4. The summed E-state index contributed by atoms with van der Waals surface area (Å²) in [4.78, 5) is 2.18. The molecule has 0 amide bonds. The van der Waals surface area contributed by atoms with E-state index >= 15 is 0 Å². The van der Waals surface area contributed by atoms with Crippen LogP contribution in [0.2, 0.25) is 0 Å². The van der Waals surface area contributed by atoms with Crippen molar-refractivity contribution in [1.82, 2.24) is 0 Å². The van der Waals surface area contributed by atoms with E-state index in [-0.39, 0.29) is 5.82 Å². The predicted octanol–water partition coefficient (Wildman–Crippen LogP) is 14.9. The number of hydrogen-bond donors (Lipinski definition) is 0. The lowest BCUT2D eigenvalue weighted by Crippen LogP contribution is -2.09. The molecule has 0 fully saturated rings. The first kappa shape index (κ1) is 31.7. The average Bonchev–Trinajstić information content (AvgIpc) is 3.24. The van der Waals surface area contributed by atoms with E-state index < -0.39 is 0 Å². The summed E-state index contributed by atoms with van der Waals surface area (Å²) in [5, 5.41) is 9.82. The smallest absolute Gasteiger partial charge is 0.123 e. The van der Waals surface area contributed by atoms with Gasteiger partial charge in [0.15, 0.2) is 0 Å². The lowest BCUT2D eigenvalue weighted by atomic mass is 9.84. The largest absolute Gasteiger partial charge is 0.310 e. The molecule has 0 N–H and O–H groups in total. The molecule has 0 unspecified atom stereocenters. The SMILES string of the molecule is Fc1ccc(N(c2ccc(-c3ccc(-c4c5ccccc5c(-c5cccc6ccccc56)c5ccccc45)cc3)cc2)c2ccc3ccccc3c2)cc1. The molecule has 0 aliphatic carbocycles. The Morgan fingerprint density at radius 3 is 1.37 bits per heavy atom. The molecule has 0 saturated heterocycles. The number of benzene rings is 10. The van der Waals surface area contributed by atoms with E-state index in [1.165, 1.54) is 72.1 Å². The van der Waals surface area contributed by atoms with Crippen molar-refractivity contribution in [3.05, 3.63) is 212 Å². The third-order valence-corrected chi connectivity index (χ3v) is 10.7. The quantitative estimate of drug-likeness (QED) is 0.157. The summed E-state index contributed by atoms with van der Waals surface area (Å²) in [6, 6.07) is 72.1. The normalized spacial score (nSPS) is 11.4. The molecule has 0 atom stereocenters. The summed E-state index contributed by atoms with van der Waals surface area (Å²) in [5.41, 5.74) is 10.2. The fraction of sp³-hybridized carbons (Fsp3) is 0. The van der Waals surface area contributed by atoms with Crippen LogP contribution in [0, 0.1) is 5.82 Å². The molecule has 254 valence electrons. The Morgan fingerprint density at radius 2 is 0.741 bits per heavy atom. The predicted molar refractivity (Wildman–Crippen MR) is 227 cm³/mol. The Kier molecular flexibility index (Phi) is 7.74. The van der Waals surface area contributed by atoms with Gasteiger partial charge < -0.3 is 4.90 Å². The van der Waals surface area contributed by atoms with E-state index in [1.807, 2.05) is 12.1 Å². The van der Waals surface area contributed by atoms with Crippen LogP contribution >= 0.6 is 0 Å². The molecule has 10 aromatic rings. The molecule has 0 aliphatic rings. The van der Waals surface area contributed by atoms with Gasteiger partial charge >= 0.3 is 0 Å². The van der Waals surface area contributed by atoms with Crippen LogP contribution in [-0.2, 0) is 0 Å². The second kappa shape index (κ2) is 13.2. The fourth-order valence-corrected chi connectivity index (χ4v) is 8.16. The van der Waals surface area contributed by atoms with E-state index in [9.17, 15) is 4.39 Å². The van der Waals surface area contributed by atoms with Gasteiger partial charge in [-0.15, -0.1) is 0 Å². The Bertz CT molecular complexity index is 2920. The number of halogens is 1. The number of rotatable bonds is 6. The van der Waals surface area contributed by atoms with Crippen molar-refractivity contribution in [2.45, 2.75) is 0 Å². The average molecular weight is 692 g/mol.